The predicted molar refractivity (Wildman–Crippen MR) is 61.9 cm³/mol. The Labute approximate surface area is 96.3 Å². The first-order valence-electron chi connectivity index (χ1n) is 4.62. The Hall–Kier alpha value is -1.95. The van der Waals surface area contributed by atoms with E-state index in [2.05, 4.69) is 15.3 Å². The van der Waals surface area contributed by atoms with Crippen molar-refractivity contribution in [3.8, 4) is 0 Å². The SMILES string of the molecule is Nc1ccnc(C(=O)NCc2cscn2)c1. The highest BCUT2D eigenvalue weighted by Gasteiger charge is 2.07. The second-order valence-corrected chi connectivity index (χ2v) is 3.86. The van der Waals surface area contributed by atoms with Crippen LogP contribution in [-0.4, -0.2) is 15.9 Å². The lowest BCUT2D eigenvalue weighted by atomic mass is 10.3. The minimum atomic E-state index is -0.250. The van der Waals surface area contributed by atoms with Gasteiger partial charge >= 0.3 is 0 Å². The number of nitrogens with one attached hydrogen (secondary N) is 1. The zero-order valence-corrected chi connectivity index (χ0v) is 9.20. The number of aromatic nitrogens is 2. The lowest BCUT2D eigenvalue weighted by Gasteiger charge is -2.02. The fraction of sp³-hybridized carbons (Fsp3) is 0.100. The van der Waals surface area contributed by atoms with Gasteiger partial charge in [0.15, 0.2) is 0 Å². The Morgan fingerprint density at radius 2 is 2.38 bits per heavy atom. The van der Waals surface area contributed by atoms with Gasteiger partial charge in [-0.05, 0) is 12.1 Å². The number of nitrogens with two attached hydrogens (primary N) is 1. The summed E-state index contributed by atoms with van der Waals surface area (Å²) < 4.78 is 0. The van der Waals surface area contributed by atoms with Crippen molar-refractivity contribution >= 4 is 22.9 Å². The van der Waals surface area contributed by atoms with Crippen LogP contribution < -0.4 is 11.1 Å². The monoisotopic (exact) mass is 234 g/mol. The van der Waals surface area contributed by atoms with E-state index in [1.165, 1.54) is 23.6 Å². The highest BCUT2D eigenvalue weighted by atomic mass is 32.1. The van der Waals surface area contributed by atoms with Crippen LogP contribution in [0.5, 0.6) is 0 Å². The van der Waals surface area contributed by atoms with E-state index in [0.29, 0.717) is 17.9 Å². The largest absolute Gasteiger partial charge is 0.399 e. The summed E-state index contributed by atoms with van der Waals surface area (Å²) >= 11 is 1.49. The van der Waals surface area contributed by atoms with Crippen LogP contribution in [0.2, 0.25) is 0 Å². The number of thiazole rings is 1. The third kappa shape index (κ3) is 2.54. The first kappa shape index (κ1) is 10.6. The van der Waals surface area contributed by atoms with E-state index in [4.69, 9.17) is 5.73 Å². The standard InChI is InChI=1S/C10H10N4OS/c11-7-1-2-12-9(3-7)10(15)13-4-8-5-16-6-14-8/h1-3,5-6H,4H2,(H2,11,12)(H,13,15). The molecular formula is C10H10N4OS. The van der Waals surface area contributed by atoms with Gasteiger partial charge in [-0.15, -0.1) is 11.3 Å². The van der Waals surface area contributed by atoms with E-state index in [-0.39, 0.29) is 5.91 Å². The number of anilines is 1. The topological polar surface area (TPSA) is 80.9 Å². The Morgan fingerprint density at radius 3 is 3.06 bits per heavy atom. The number of carbonyl (C=O) groups is 1. The normalized spacial score (nSPS) is 10.0. The highest BCUT2D eigenvalue weighted by Crippen LogP contribution is 2.04. The van der Waals surface area contributed by atoms with Crippen LogP contribution in [0.3, 0.4) is 0 Å². The number of nitrogen functional groups attached to an aromatic ring is 1. The van der Waals surface area contributed by atoms with Crippen molar-refractivity contribution in [2.24, 2.45) is 0 Å². The average molecular weight is 234 g/mol. The Morgan fingerprint density at radius 1 is 1.50 bits per heavy atom. The van der Waals surface area contributed by atoms with Gasteiger partial charge in [0.1, 0.15) is 5.69 Å². The third-order valence-electron chi connectivity index (χ3n) is 1.93. The zero-order valence-electron chi connectivity index (χ0n) is 8.38. The average Bonchev–Trinajstić information content (AvgIpc) is 2.78. The van der Waals surface area contributed by atoms with Crippen LogP contribution in [0, 0.1) is 0 Å². The Kier molecular flexibility index (Phi) is 3.11. The summed E-state index contributed by atoms with van der Waals surface area (Å²) in [7, 11) is 0. The summed E-state index contributed by atoms with van der Waals surface area (Å²) in [5, 5.41) is 4.60. The third-order valence-corrected chi connectivity index (χ3v) is 2.57. The minimum Gasteiger partial charge on any atom is -0.399 e. The molecule has 0 aliphatic heterocycles. The molecule has 2 heterocycles. The van der Waals surface area contributed by atoms with Gasteiger partial charge in [-0.3, -0.25) is 9.78 Å². The molecule has 6 heteroatoms. The van der Waals surface area contributed by atoms with Gasteiger partial charge in [0.25, 0.3) is 5.91 Å². The Balaban J connectivity index is 1.98. The van der Waals surface area contributed by atoms with Crippen molar-refractivity contribution in [1.82, 2.24) is 15.3 Å². The van der Waals surface area contributed by atoms with Crippen molar-refractivity contribution in [2.45, 2.75) is 6.54 Å². The molecule has 0 unspecified atom stereocenters. The first-order valence-corrected chi connectivity index (χ1v) is 5.57. The number of rotatable bonds is 3. The van der Waals surface area contributed by atoms with Crippen LogP contribution in [0.1, 0.15) is 16.2 Å². The second-order valence-electron chi connectivity index (χ2n) is 3.14. The molecule has 2 aromatic rings. The molecular weight excluding hydrogens is 224 g/mol. The second kappa shape index (κ2) is 4.71. The number of hydrogen-bond acceptors (Lipinski definition) is 5. The summed E-state index contributed by atoms with van der Waals surface area (Å²) in [6.07, 6.45) is 1.51. The molecule has 0 aliphatic carbocycles. The van der Waals surface area contributed by atoms with Gasteiger partial charge in [-0.2, -0.15) is 0 Å². The smallest absolute Gasteiger partial charge is 0.270 e. The molecule has 2 rings (SSSR count). The molecule has 0 radical (unpaired) electrons. The lowest BCUT2D eigenvalue weighted by Crippen LogP contribution is -2.23. The van der Waals surface area contributed by atoms with E-state index < -0.39 is 0 Å². The molecule has 0 saturated carbocycles. The molecule has 3 N–H and O–H groups in total. The van der Waals surface area contributed by atoms with E-state index in [0.717, 1.165) is 5.69 Å². The van der Waals surface area contributed by atoms with Gasteiger partial charge in [-0.1, -0.05) is 0 Å². The molecule has 0 aliphatic rings. The summed E-state index contributed by atoms with van der Waals surface area (Å²) in [5.74, 6) is -0.250. The summed E-state index contributed by atoms with van der Waals surface area (Å²) in [4.78, 5) is 19.6. The van der Waals surface area contributed by atoms with Crippen LogP contribution in [0.4, 0.5) is 5.69 Å². The van der Waals surface area contributed by atoms with Crippen LogP contribution in [0.25, 0.3) is 0 Å². The van der Waals surface area contributed by atoms with Crippen molar-refractivity contribution in [1.29, 1.82) is 0 Å². The maximum atomic E-state index is 11.6. The van der Waals surface area contributed by atoms with Crippen molar-refractivity contribution in [3.05, 3.63) is 40.6 Å². The molecule has 1 amide bonds. The van der Waals surface area contributed by atoms with Gasteiger partial charge in [0.05, 0.1) is 17.7 Å². The lowest BCUT2D eigenvalue weighted by molar-refractivity contribution is 0.0945. The fourth-order valence-corrected chi connectivity index (χ4v) is 1.72. The van der Waals surface area contributed by atoms with Crippen LogP contribution >= 0.6 is 11.3 Å². The van der Waals surface area contributed by atoms with Crippen molar-refractivity contribution < 1.29 is 4.79 Å². The molecule has 0 saturated heterocycles. The molecule has 0 bridgehead atoms. The summed E-state index contributed by atoms with van der Waals surface area (Å²) in [6, 6.07) is 3.17. The number of pyridine rings is 1. The summed E-state index contributed by atoms with van der Waals surface area (Å²) in [6.45, 7) is 0.402. The van der Waals surface area contributed by atoms with Crippen LogP contribution in [-0.2, 0) is 6.54 Å². The maximum absolute atomic E-state index is 11.6. The molecule has 0 fully saturated rings. The van der Waals surface area contributed by atoms with E-state index in [9.17, 15) is 4.79 Å². The number of nitrogens with zero attached hydrogens (tertiary/aromatic N) is 2. The molecule has 5 nitrogen and oxygen atoms in total. The summed E-state index contributed by atoms with van der Waals surface area (Å²) in [5.41, 5.74) is 8.95. The van der Waals surface area contributed by atoms with Gasteiger partial charge < -0.3 is 11.1 Å². The van der Waals surface area contributed by atoms with Gasteiger partial charge in [-0.25, -0.2) is 4.98 Å². The maximum Gasteiger partial charge on any atom is 0.270 e. The Bertz CT molecular complexity index is 483. The molecule has 16 heavy (non-hydrogen) atoms. The molecule has 2 aromatic heterocycles. The number of amides is 1. The van der Waals surface area contributed by atoms with Crippen molar-refractivity contribution in [3.63, 3.8) is 0 Å². The molecule has 0 aromatic carbocycles. The van der Waals surface area contributed by atoms with Crippen LogP contribution in [0.15, 0.2) is 29.2 Å². The van der Waals surface area contributed by atoms with E-state index in [1.54, 1.807) is 11.6 Å². The zero-order chi connectivity index (χ0) is 11.4. The van der Waals surface area contributed by atoms with E-state index >= 15 is 0 Å². The molecule has 0 spiro atoms. The van der Waals surface area contributed by atoms with E-state index in [1.807, 2.05) is 5.38 Å². The minimum absolute atomic E-state index is 0.250. The quantitative estimate of drug-likeness (QED) is 0.831. The fourth-order valence-electron chi connectivity index (χ4n) is 1.16. The van der Waals surface area contributed by atoms with Gasteiger partial charge in [0, 0.05) is 17.3 Å². The first-order chi connectivity index (χ1) is 7.75. The number of hydrogen-bond donors (Lipinski definition) is 2. The van der Waals surface area contributed by atoms with Crippen molar-refractivity contribution in [2.75, 3.05) is 5.73 Å². The molecule has 0 atom stereocenters. The van der Waals surface area contributed by atoms with Gasteiger partial charge in [0.2, 0.25) is 0 Å². The molecule has 82 valence electrons. The predicted octanol–water partition coefficient (Wildman–Crippen LogP) is 1.05. The number of carbonyl (C=O) groups excluding carboxylic acids is 1. The highest BCUT2D eigenvalue weighted by molar-refractivity contribution is 7.07.